The molecule has 0 aliphatic heterocycles. The molecule has 6 heteroatoms. The number of hydrogen-bond acceptors (Lipinski definition) is 4. The Morgan fingerprint density at radius 1 is 1.53 bits per heavy atom. The van der Waals surface area contributed by atoms with E-state index in [0.29, 0.717) is 4.90 Å². The van der Waals surface area contributed by atoms with E-state index in [0.717, 1.165) is 9.75 Å². The molecule has 1 aromatic rings. The second kappa shape index (κ2) is 5.77. The lowest BCUT2D eigenvalue weighted by Crippen LogP contribution is -2.33. The second-order valence-corrected chi connectivity index (χ2v) is 7.02. The fourth-order valence-electron chi connectivity index (χ4n) is 1.57. The second-order valence-electron chi connectivity index (χ2n) is 3.65. The topological polar surface area (TPSA) is 57.6 Å². The quantitative estimate of drug-likeness (QED) is 0.801. The third-order valence-electron chi connectivity index (χ3n) is 2.30. The molecule has 1 heterocycles. The maximum atomic E-state index is 12.3. The van der Waals surface area contributed by atoms with E-state index in [1.807, 2.05) is 6.92 Å². The number of thiophene rings is 1. The SMILES string of the molecule is C=CCN(CCO)S(=O)(=O)c1cc(C)sc1C. The molecule has 0 aliphatic rings. The fraction of sp³-hybridized carbons (Fsp3) is 0.455. The largest absolute Gasteiger partial charge is 0.395 e. The molecule has 0 aliphatic carbocycles. The van der Waals surface area contributed by atoms with E-state index in [1.165, 1.54) is 21.7 Å². The minimum absolute atomic E-state index is 0.0860. The summed E-state index contributed by atoms with van der Waals surface area (Å²) >= 11 is 1.46. The first-order valence-corrected chi connectivity index (χ1v) is 7.48. The lowest BCUT2D eigenvalue weighted by atomic mass is 10.4. The Balaban J connectivity index is 3.15. The van der Waals surface area contributed by atoms with Gasteiger partial charge in [0.25, 0.3) is 0 Å². The van der Waals surface area contributed by atoms with Crippen LogP contribution in [0.5, 0.6) is 0 Å². The molecule has 0 bridgehead atoms. The summed E-state index contributed by atoms with van der Waals surface area (Å²) in [7, 11) is -3.52. The smallest absolute Gasteiger partial charge is 0.244 e. The highest BCUT2D eigenvalue weighted by molar-refractivity contribution is 7.89. The van der Waals surface area contributed by atoms with E-state index in [9.17, 15) is 8.42 Å². The maximum Gasteiger partial charge on any atom is 0.244 e. The maximum absolute atomic E-state index is 12.3. The van der Waals surface area contributed by atoms with Gasteiger partial charge in [-0.3, -0.25) is 0 Å². The minimum Gasteiger partial charge on any atom is -0.395 e. The van der Waals surface area contributed by atoms with Crippen LogP contribution in [0.25, 0.3) is 0 Å². The predicted molar refractivity (Wildman–Crippen MR) is 69.8 cm³/mol. The zero-order chi connectivity index (χ0) is 13.1. The van der Waals surface area contributed by atoms with Crippen molar-refractivity contribution < 1.29 is 13.5 Å². The molecule has 0 spiro atoms. The number of aliphatic hydroxyl groups is 1. The van der Waals surface area contributed by atoms with Crippen molar-refractivity contribution in [2.75, 3.05) is 19.7 Å². The monoisotopic (exact) mass is 275 g/mol. The molecule has 0 unspecified atom stereocenters. The van der Waals surface area contributed by atoms with Gasteiger partial charge in [-0.05, 0) is 19.9 Å². The molecule has 1 rings (SSSR count). The van der Waals surface area contributed by atoms with Crippen molar-refractivity contribution in [2.45, 2.75) is 18.7 Å². The highest BCUT2D eigenvalue weighted by Gasteiger charge is 2.26. The summed E-state index contributed by atoms with van der Waals surface area (Å²) in [6.45, 7) is 7.29. The van der Waals surface area contributed by atoms with Gasteiger partial charge in [0.2, 0.25) is 10.0 Å². The average molecular weight is 275 g/mol. The van der Waals surface area contributed by atoms with Crippen LogP contribution in [-0.4, -0.2) is 37.5 Å². The summed E-state index contributed by atoms with van der Waals surface area (Å²) in [6, 6.07) is 1.67. The van der Waals surface area contributed by atoms with Gasteiger partial charge in [-0.1, -0.05) is 6.08 Å². The zero-order valence-corrected chi connectivity index (χ0v) is 11.6. The number of nitrogens with zero attached hydrogens (tertiary/aromatic N) is 1. The lowest BCUT2D eigenvalue weighted by Gasteiger charge is -2.19. The minimum atomic E-state index is -3.52. The zero-order valence-electron chi connectivity index (χ0n) is 10.0. The summed E-state index contributed by atoms with van der Waals surface area (Å²) < 4.78 is 25.9. The van der Waals surface area contributed by atoms with Crippen molar-refractivity contribution in [3.63, 3.8) is 0 Å². The molecular formula is C11H17NO3S2. The van der Waals surface area contributed by atoms with Crippen molar-refractivity contribution in [1.82, 2.24) is 4.31 Å². The molecule has 0 fully saturated rings. The van der Waals surface area contributed by atoms with Gasteiger partial charge in [-0.2, -0.15) is 4.31 Å². The van der Waals surface area contributed by atoms with Gasteiger partial charge in [0.05, 0.1) is 11.5 Å². The average Bonchev–Trinajstić information content (AvgIpc) is 2.58. The Hall–Kier alpha value is -0.690. The molecule has 96 valence electrons. The van der Waals surface area contributed by atoms with Crippen LogP contribution >= 0.6 is 11.3 Å². The molecule has 0 saturated heterocycles. The van der Waals surface area contributed by atoms with E-state index >= 15 is 0 Å². The number of hydrogen-bond donors (Lipinski definition) is 1. The fourth-order valence-corrected chi connectivity index (χ4v) is 4.49. The van der Waals surface area contributed by atoms with E-state index in [1.54, 1.807) is 13.0 Å². The van der Waals surface area contributed by atoms with Crippen LogP contribution in [0.3, 0.4) is 0 Å². The standard InChI is InChI=1S/C11H17NO3S2/c1-4-5-12(6-7-13)17(14,15)11-8-9(2)16-10(11)3/h4,8,13H,1,5-7H2,2-3H3. The van der Waals surface area contributed by atoms with Crippen LogP contribution in [0.15, 0.2) is 23.6 Å². The number of aryl methyl sites for hydroxylation is 2. The van der Waals surface area contributed by atoms with Crippen LogP contribution in [-0.2, 0) is 10.0 Å². The van der Waals surface area contributed by atoms with Crippen molar-refractivity contribution in [2.24, 2.45) is 0 Å². The summed E-state index contributed by atoms with van der Waals surface area (Å²) in [4.78, 5) is 2.06. The van der Waals surface area contributed by atoms with Crippen molar-refractivity contribution >= 4 is 21.4 Å². The Bertz CT molecular complexity index is 491. The lowest BCUT2D eigenvalue weighted by molar-refractivity contribution is 0.260. The highest BCUT2D eigenvalue weighted by atomic mass is 32.2. The number of sulfonamides is 1. The third-order valence-corrected chi connectivity index (χ3v) is 5.38. The summed E-state index contributed by atoms with van der Waals surface area (Å²) in [5, 5.41) is 8.91. The molecule has 17 heavy (non-hydrogen) atoms. The Kier molecular flexibility index (Phi) is 4.88. The first kappa shape index (κ1) is 14.4. The van der Waals surface area contributed by atoms with Crippen LogP contribution < -0.4 is 0 Å². The van der Waals surface area contributed by atoms with E-state index < -0.39 is 10.0 Å². The molecule has 4 nitrogen and oxygen atoms in total. The van der Waals surface area contributed by atoms with Gasteiger partial charge in [0.1, 0.15) is 0 Å². The summed E-state index contributed by atoms with van der Waals surface area (Å²) in [5.41, 5.74) is 0. The molecule has 0 aromatic carbocycles. The van der Waals surface area contributed by atoms with Crippen LogP contribution in [0.2, 0.25) is 0 Å². The van der Waals surface area contributed by atoms with E-state index in [-0.39, 0.29) is 19.7 Å². The van der Waals surface area contributed by atoms with Gasteiger partial charge in [0.15, 0.2) is 0 Å². The van der Waals surface area contributed by atoms with Crippen LogP contribution in [0, 0.1) is 13.8 Å². The van der Waals surface area contributed by atoms with Crippen LogP contribution in [0.4, 0.5) is 0 Å². The first-order chi connectivity index (χ1) is 7.93. The summed E-state index contributed by atoms with van der Waals surface area (Å²) in [6.07, 6.45) is 1.52. The van der Waals surface area contributed by atoms with E-state index in [2.05, 4.69) is 6.58 Å². The molecule has 1 aromatic heterocycles. The van der Waals surface area contributed by atoms with Gasteiger partial charge < -0.3 is 5.11 Å². The first-order valence-electron chi connectivity index (χ1n) is 5.22. The number of rotatable bonds is 6. The third kappa shape index (κ3) is 3.16. The highest BCUT2D eigenvalue weighted by Crippen LogP contribution is 2.27. The Morgan fingerprint density at radius 2 is 2.18 bits per heavy atom. The normalized spacial score (nSPS) is 12.0. The molecular weight excluding hydrogens is 258 g/mol. The molecule has 0 saturated carbocycles. The molecule has 0 amide bonds. The summed E-state index contributed by atoms with van der Waals surface area (Å²) in [5.74, 6) is 0. The molecule has 0 atom stereocenters. The van der Waals surface area contributed by atoms with Gasteiger partial charge >= 0.3 is 0 Å². The van der Waals surface area contributed by atoms with Crippen molar-refractivity contribution in [3.8, 4) is 0 Å². The number of aliphatic hydroxyl groups excluding tert-OH is 1. The van der Waals surface area contributed by atoms with Crippen molar-refractivity contribution in [3.05, 3.63) is 28.5 Å². The van der Waals surface area contributed by atoms with Gasteiger partial charge in [-0.15, -0.1) is 17.9 Å². The Labute approximate surface area is 106 Å². The van der Waals surface area contributed by atoms with Gasteiger partial charge in [-0.25, -0.2) is 8.42 Å². The van der Waals surface area contributed by atoms with Crippen LogP contribution in [0.1, 0.15) is 9.75 Å². The van der Waals surface area contributed by atoms with E-state index in [4.69, 9.17) is 5.11 Å². The predicted octanol–water partition coefficient (Wildman–Crippen LogP) is 1.53. The molecule has 0 radical (unpaired) electrons. The van der Waals surface area contributed by atoms with Gasteiger partial charge in [0, 0.05) is 22.8 Å². The van der Waals surface area contributed by atoms with Crippen molar-refractivity contribution in [1.29, 1.82) is 0 Å². The Morgan fingerprint density at radius 3 is 2.59 bits per heavy atom. The molecule has 1 N–H and O–H groups in total.